The van der Waals surface area contributed by atoms with Crippen LogP contribution in [-0.4, -0.2) is 52.1 Å². The van der Waals surface area contributed by atoms with E-state index in [2.05, 4.69) is 14.9 Å². The van der Waals surface area contributed by atoms with Gasteiger partial charge in [0.15, 0.2) is 0 Å². The van der Waals surface area contributed by atoms with Gasteiger partial charge < -0.3 is 14.5 Å². The van der Waals surface area contributed by atoms with Crippen molar-refractivity contribution in [3.63, 3.8) is 0 Å². The molecule has 0 saturated carbocycles. The number of carbonyl (C=O) groups excluding carboxylic acids is 1. The fraction of sp³-hybridized carbons (Fsp3) is 0.421. The molecule has 8 nitrogen and oxygen atoms in total. The quantitative estimate of drug-likeness (QED) is 0.727. The highest BCUT2D eigenvalue weighted by molar-refractivity contribution is 7.89. The molecule has 2 heterocycles. The number of morpholine rings is 1. The van der Waals surface area contributed by atoms with E-state index in [0.717, 1.165) is 11.5 Å². The number of hydrogen-bond acceptors (Lipinski definition) is 6. The average Bonchev–Trinajstić information content (AvgIpc) is 3.09. The molecule has 1 amide bonds. The number of amides is 1. The van der Waals surface area contributed by atoms with Gasteiger partial charge in [0.2, 0.25) is 15.9 Å². The van der Waals surface area contributed by atoms with Gasteiger partial charge in [0.05, 0.1) is 24.2 Å². The molecule has 9 heteroatoms. The molecule has 1 aliphatic rings. The Morgan fingerprint density at radius 1 is 1.14 bits per heavy atom. The molecule has 1 aromatic carbocycles. The minimum absolute atomic E-state index is 0.137. The van der Waals surface area contributed by atoms with E-state index < -0.39 is 10.0 Å². The average molecular weight is 407 g/mol. The number of anilines is 1. The van der Waals surface area contributed by atoms with Gasteiger partial charge in [0.1, 0.15) is 11.5 Å². The number of nitrogens with one attached hydrogen (secondary N) is 2. The highest BCUT2D eigenvalue weighted by atomic mass is 32.2. The Bertz CT molecular complexity index is 902. The summed E-state index contributed by atoms with van der Waals surface area (Å²) in [4.78, 5) is 13.4. The smallest absolute Gasteiger partial charge is 0.240 e. The van der Waals surface area contributed by atoms with Gasteiger partial charge in [-0.3, -0.25) is 9.69 Å². The van der Waals surface area contributed by atoms with Crippen LogP contribution in [0.3, 0.4) is 0 Å². The molecule has 0 aliphatic carbocycles. The molecular weight excluding hydrogens is 382 g/mol. The maximum absolute atomic E-state index is 12.7. The third-order valence-electron chi connectivity index (χ3n) is 4.53. The highest BCUT2D eigenvalue weighted by Crippen LogP contribution is 2.24. The summed E-state index contributed by atoms with van der Waals surface area (Å²) in [5.74, 6) is 1.30. The molecule has 2 N–H and O–H groups in total. The lowest BCUT2D eigenvalue weighted by Crippen LogP contribution is -2.43. The van der Waals surface area contributed by atoms with Crippen molar-refractivity contribution in [1.82, 2.24) is 9.62 Å². The molecule has 1 atom stereocenters. The Kier molecular flexibility index (Phi) is 6.50. The Morgan fingerprint density at radius 3 is 2.39 bits per heavy atom. The van der Waals surface area contributed by atoms with Crippen molar-refractivity contribution in [2.75, 3.05) is 38.2 Å². The zero-order valence-corrected chi connectivity index (χ0v) is 16.8. The van der Waals surface area contributed by atoms with Crippen molar-refractivity contribution in [2.24, 2.45) is 0 Å². The zero-order chi connectivity index (χ0) is 20.1. The van der Waals surface area contributed by atoms with Crippen molar-refractivity contribution >= 4 is 21.6 Å². The fourth-order valence-electron chi connectivity index (χ4n) is 3.12. The summed E-state index contributed by atoms with van der Waals surface area (Å²) < 4.78 is 39.3. The Balaban J connectivity index is 1.73. The van der Waals surface area contributed by atoms with Crippen molar-refractivity contribution < 1.29 is 22.4 Å². The minimum Gasteiger partial charge on any atom is -0.465 e. The fourth-order valence-corrected chi connectivity index (χ4v) is 4.16. The molecular formula is C19H25N3O5S. The lowest BCUT2D eigenvalue weighted by atomic mass is 10.2. The van der Waals surface area contributed by atoms with Gasteiger partial charge in [-0.1, -0.05) is 0 Å². The third-order valence-corrected chi connectivity index (χ3v) is 5.97. The van der Waals surface area contributed by atoms with Gasteiger partial charge >= 0.3 is 0 Å². The second-order valence-electron chi connectivity index (χ2n) is 6.67. The number of nitrogens with zero attached hydrogens (tertiary/aromatic N) is 1. The molecule has 28 heavy (non-hydrogen) atoms. The first-order chi connectivity index (χ1) is 13.3. The first kappa shape index (κ1) is 20.5. The largest absolute Gasteiger partial charge is 0.465 e. The van der Waals surface area contributed by atoms with Gasteiger partial charge in [-0.25, -0.2) is 13.1 Å². The van der Waals surface area contributed by atoms with E-state index in [4.69, 9.17) is 9.15 Å². The molecule has 0 radical (unpaired) electrons. The number of rotatable bonds is 7. The van der Waals surface area contributed by atoms with Crippen LogP contribution in [0.25, 0.3) is 0 Å². The van der Waals surface area contributed by atoms with E-state index >= 15 is 0 Å². The van der Waals surface area contributed by atoms with Crippen LogP contribution in [0, 0.1) is 6.92 Å². The van der Waals surface area contributed by atoms with E-state index in [9.17, 15) is 13.2 Å². The summed E-state index contributed by atoms with van der Waals surface area (Å²) in [5, 5.41) is 2.62. The first-order valence-corrected chi connectivity index (χ1v) is 10.6. The number of ether oxygens (including phenoxy) is 1. The van der Waals surface area contributed by atoms with E-state index in [1.165, 1.54) is 19.1 Å². The molecule has 0 spiro atoms. The topological polar surface area (TPSA) is 101 Å². The van der Waals surface area contributed by atoms with Crippen LogP contribution in [0.4, 0.5) is 5.69 Å². The molecule has 0 bridgehead atoms. The first-order valence-electron chi connectivity index (χ1n) is 9.10. The molecule has 152 valence electrons. The number of benzene rings is 1. The van der Waals surface area contributed by atoms with Crippen LogP contribution < -0.4 is 10.0 Å². The lowest BCUT2D eigenvalue weighted by Gasteiger charge is -2.33. The number of aryl methyl sites for hydroxylation is 1. The molecule has 1 aromatic heterocycles. The van der Waals surface area contributed by atoms with Gasteiger partial charge in [-0.2, -0.15) is 0 Å². The Labute approximate surface area is 164 Å². The van der Waals surface area contributed by atoms with Crippen LogP contribution in [0.15, 0.2) is 45.7 Å². The summed E-state index contributed by atoms with van der Waals surface area (Å²) in [7, 11) is -3.70. The second kappa shape index (κ2) is 8.87. The predicted octanol–water partition coefficient (Wildman–Crippen LogP) is 1.90. The SMILES string of the molecule is CC(=O)Nc1ccc(S(=O)(=O)NC[C@@H](c2ccc(C)o2)N2CCOCC2)cc1. The Morgan fingerprint density at radius 2 is 1.82 bits per heavy atom. The van der Waals surface area contributed by atoms with Gasteiger partial charge in [0, 0.05) is 32.2 Å². The number of sulfonamides is 1. The third kappa shape index (κ3) is 5.20. The van der Waals surface area contributed by atoms with Crippen molar-refractivity contribution in [3.05, 3.63) is 47.9 Å². The minimum atomic E-state index is -3.70. The monoisotopic (exact) mass is 407 g/mol. The Hall–Kier alpha value is -2.20. The number of carbonyl (C=O) groups is 1. The molecule has 3 rings (SSSR count). The second-order valence-corrected chi connectivity index (χ2v) is 8.44. The lowest BCUT2D eigenvalue weighted by molar-refractivity contribution is -0.114. The maximum Gasteiger partial charge on any atom is 0.240 e. The summed E-state index contributed by atoms with van der Waals surface area (Å²) in [5.41, 5.74) is 0.545. The number of hydrogen-bond donors (Lipinski definition) is 2. The van der Waals surface area contributed by atoms with E-state index in [1.807, 2.05) is 19.1 Å². The van der Waals surface area contributed by atoms with Gasteiger partial charge in [-0.15, -0.1) is 0 Å². The molecule has 0 unspecified atom stereocenters. The summed E-state index contributed by atoms with van der Waals surface area (Å²) in [6, 6.07) is 9.59. The molecule has 1 saturated heterocycles. The van der Waals surface area contributed by atoms with E-state index in [-0.39, 0.29) is 23.4 Å². The predicted molar refractivity (Wildman–Crippen MR) is 105 cm³/mol. The molecule has 2 aromatic rings. The van der Waals surface area contributed by atoms with Crippen LogP contribution in [0.1, 0.15) is 24.5 Å². The standard InChI is InChI=1S/C19H25N3O5S/c1-14-3-8-19(27-14)18(22-9-11-26-12-10-22)13-20-28(24,25)17-6-4-16(5-7-17)21-15(2)23/h3-8,18,20H,9-13H2,1-2H3,(H,21,23)/t18-/m0/s1. The van der Waals surface area contributed by atoms with Crippen LogP contribution in [-0.2, 0) is 19.6 Å². The van der Waals surface area contributed by atoms with Crippen molar-refractivity contribution in [1.29, 1.82) is 0 Å². The molecule has 1 fully saturated rings. The van der Waals surface area contributed by atoms with Crippen LogP contribution in [0.2, 0.25) is 0 Å². The van der Waals surface area contributed by atoms with E-state index in [1.54, 1.807) is 12.1 Å². The van der Waals surface area contributed by atoms with Crippen LogP contribution >= 0.6 is 0 Å². The maximum atomic E-state index is 12.7. The zero-order valence-electron chi connectivity index (χ0n) is 16.0. The van der Waals surface area contributed by atoms with E-state index in [0.29, 0.717) is 32.0 Å². The van der Waals surface area contributed by atoms with Crippen molar-refractivity contribution in [3.8, 4) is 0 Å². The molecule has 1 aliphatic heterocycles. The van der Waals surface area contributed by atoms with Crippen LogP contribution in [0.5, 0.6) is 0 Å². The van der Waals surface area contributed by atoms with Crippen molar-refractivity contribution in [2.45, 2.75) is 24.8 Å². The number of furan rings is 1. The summed E-state index contributed by atoms with van der Waals surface area (Å²) in [6.07, 6.45) is 0. The highest BCUT2D eigenvalue weighted by Gasteiger charge is 2.27. The normalized spacial score (nSPS) is 16.6. The summed E-state index contributed by atoms with van der Waals surface area (Å²) in [6.45, 7) is 6.06. The van der Waals surface area contributed by atoms with Gasteiger partial charge in [-0.05, 0) is 43.3 Å². The summed E-state index contributed by atoms with van der Waals surface area (Å²) >= 11 is 0. The van der Waals surface area contributed by atoms with Gasteiger partial charge in [0.25, 0.3) is 0 Å².